The Bertz CT molecular complexity index is 639. The van der Waals surface area contributed by atoms with E-state index >= 15 is 0 Å². The maximum Gasteiger partial charge on any atom is 0.314 e. The van der Waals surface area contributed by atoms with Gasteiger partial charge in [0, 0.05) is 12.0 Å². The Morgan fingerprint density at radius 2 is 2.03 bits per heavy atom. The van der Waals surface area contributed by atoms with E-state index in [0.29, 0.717) is 36.4 Å². The smallest absolute Gasteiger partial charge is 0.314 e. The molecule has 9 atom stereocenters. The third kappa shape index (κ3) is 2.71. The van der Waals surface area contributed by atoms with E-state index in [0.717, 1.165) is 38.7 Å². The van der Waals surface area contributed by atoms with Gasteiger partial charge >= 0.3 is 5.97 Å². The van der Waals surface area contributed by atoms with Gasteiger partial charge in [-0.25, -0.2) is 0 Å². The fraction of sp³-hybridized carbons (Fsp3) is 0.957. The molecule has 164 valence electrons. The number of hydrogen-bond acceptors (Lipinski definition) is 6. The van der Waals surface area contributed by atoms with Crippen molar-refractivity contribution < 1.29 is 28.8 Å². The fourth-order valence-electron chi connectivity index (χ4n) is 8.50. The minimum atomic E-state index is -0.548. The van der Waals surface area contributed by atoms with E-state index in [4.69, 9.17) is 18.9 Å². The lowest BCUT2D eigenvalue weighted by Gasteiger charge is -2.67. The van der Waals surface area contributed by atoms with Crippen LogP contribution in [-0.4, -0.2) is 57.0 Å². The first-order valence-electron chi connectivity index (χ1n) is 11.6. The number of methoxy groups -OCH3 is 1. The van der Waals surface area contributed by atoms with E-state index in [1.165, 1.54) is 20.0 Å². The lowest BCUT2D eigenvalue weighted by Crippen LogP contribution is -2.69. The van der Waals surface area contributed by atoms with Gasteiger partial charge in [-0.2, -0.15) is 0 Å². The van der Waals surface area contributed by atoms with Crippen LogP contribution in [0.4, 0.5) is 0 Å². The number of rotatable bonds is 4. The molecule has 5 rings (SSSR count). The molecular weight excluding hydrogens is 372 g/mol. The van der Waals surface area contributed by atoms with Gasteiger partial charge in [0.15, 0.2) is 6.29 Å². The van der Waals surface area contributed by atoms with Gasteiger partial charge in [-0.1, -0.05) is 13.3 Å². The molecule has 5 aliphatic rings. The molecule has 0 spiro atoms. The maximum atomic E-state index is 13.1. The molecule has 0 aromatic rings. The van der Waals surface area contributed by atoms with Crippen LogP contribution in [0.15, 0.2) is 0 Å². The SMILES string of the molecule is COC(=O)[C@@]12CCCC3([C@H](OCCO)OC1)[C@H]2CC[C@H]1[C@@H](C)[C@@H]2CCO[C@@H]2C[C@@H]13. The highest BCUT2D eigenvalue weighted by Gasteiger charge is 2.70. The van der Waals surface area contributed by atoms with Crippen molar-refractivity contribution in [3.8, 4) is 0 Å². The summed E-state index contributed by atoms with van der Waals surface area (Å²) in [5.74, 6) is 2.48. The zero-order chi connectivity index (χ0) is 20.2. The first-order valence-corrected chi connectivity index (χ1v) is 11.6. The first kappa shape index (κ1) is 20.2. The molecule has 29 heavy (non-hydrogen) atoms. The second-order valence-electron chi connectivity index (χ2n) is 10.2. The molecule has 2 aliphatic heterocycles. The van der Waals surface area contributed by atoms with Crippen molar-refractivity contribution in [2.75, 3.05) is 33.5 Å². The molecule has 5 fully saturated rings. The van der Waals surface area contributed by atoms with Gasteiger partial charge in [-0.15, -0.1) is 0 Å². The van der Waals surface area contributed by atoms with Crippen LogP contribution in [-0.2, 0) is 23.7 Å². The number of esters is 1. The Kier molecular flexibility index (Phi) is 5.21. The minimum Gasteiger partial charge on any atom is -0.469 e. The number of aliphatic hydroxyl groups is 1. The first-order chi connectivity index (χ1) is 14.1. The van der Waals surface area contributed by atoms with E-state index < -0.39 is 5.41 Å². The lowest BCUT2D eigenvalue weighted by molar-refractivity contribution is -0.339. The molecule has 0 aromatic carbocycles. The second kappa shape index (κ2) is 7.47. The summed E-state index contributed by atoms with van der Waals surface area (Å²) in [5.41, 5.74) is -0.735. The van der Waals surface area contributed by atoms with Crippen molar-refractivity contribution in [1.82, 2.24) is 0 Å². The summed E-state index contributed by atoms with van der Waals surface area (Å²) >= 11 is 0. The van der Waals surface area contributed by atoms with Crippen molar-refractivity contribution in [3.05, 3.63) is 0 Å². The summed E-state index contributed by atoms with van der Waals surface area (Å²) in [7, 11) is 1.51. The molecule has 0 amide bonds. The highest BCUT2D eigenvalue weighted by Crippen LogP contribution is 2.69. The summed E-state index contributed by atoms with van der Waals surface area (Å²) in [5, 5.41) is 9.42. The van der Waals surface area contributed by atoms with Crippen molar-refractivity contribution in [2.24, 2.45) is 40.4 Å². The number of carbonyl (C=O) groups excluding carboxylic acids is 1. The third-order valence-corrected chi connectivity index (χ3v) is 9.53. The molecule has 6 heteroatoms. The average molecular weight is 409 g/mol. The quantitative estimate of drug-likeness (QED) is 0.721. The number of fused-ring (bicyclic) bond motifs is 2. The van der Waals surface area contributed by atoms with Crippen LogP contribution in [0.1, 0.15) is 51.9 Å². The number of carbonyl (C=O) groups is 1. The molecule has 2 bridgehead atoms. The molecule has 3 saturated carbocycles. The molecule has 6 nitrogen and oxygen atoms in total. The van der Waals surface area contributed by atoms with E-state index in [1.807, 2.05) is 0 Å². The molecule has 3 aliphatic carbocycles. The topological polar surface area (TPSA) is 74.2 Å². The van der Waals surface area contributed by atoms with Crippen LogP contribution < -0.4 is 0 Å². The summed E-state index contributed by atoms with van der Waals surface area (Å²) in [4.78, 5) is 13.1. The third-order valence-electron chi connectivity index (χ3n) is 9.53. The van der Waals surface area contributed by atoms with Crippen molar-refractivity contribution in [2.45, 2.75) is 64.3 Å². The van der Waals surface area contributed by atoms with Gasteiger partial charge in [-0.3, -0.25) is 4.79 Å². The van der Waals surface area contributed by atoms with Gasteiger partial charge in [0.1, 0.15) is 0 Å². The van der Waals surface area contributed by atoms with Gasteiger partial charge in [-0.05, 0) is 68.1 Å². The monoisotopic (exact) mass is 408 g/mol. The van der Waals surface area contributed by atoms with Crippen LogP contribution >= 0.6 is 0 Å². The van der Waals surface area contributed by atoms with Crippen LogP contribution in [0, 0.1) is 40.4 Å². The van der Waals surface area contributed by atoms with Crippen LogP contribution in [0.5, 0.6) is 0 Å². The average Bonchev–Trinajstić information content (AvgIpc) is 3.21. The Hall–Kier alpha value is -0.690. The molecular formula is C23H36O6. The van der Waals surface area contributed by atoms with Gasteiger partial charge in [0.05, 0.1) is 38.4 Å². The lowest BCUT2D eigenvalue weighted by atomic mass is 9.40. The predicted molar refractivity (Wildman–Crippen MR) is 105 cm³/mol. The second-order valence-corrected chi connectivity index (χ2v) is 10.2. The van der Waals surface area contributed by atoms with Gasteiger partial charge < -0.3 is 24.1 Å². The number of aliphatic hydroxyl groups excluding tert-OH is 1. The Balaban J connectivity index is 1.57. The van der Waals surface area contributed by atoms with Crippen molar-refractivity contribution >= 4 is 5.97 Å². The van der Waals surface area contributed by atoms with Crippen LogP contribution in [0.2, 0.25) is 0 Å². The van der Waals surface area contributed by atoms with E-state index in [-0.39, 0.29) is 36.8 Å². The Morgan fingerprint density at radius 1 is 1.17 bits per heavy atom. The molecule has 1 unspecified atom stereocenters. The van der Waals surface area contributed by atoms with Crippen LogP contribution in [0.25, 0.3) is 0 Å². The van der Waals surface area contributed by atoms with Crippen molar-refractivity contribution in [1.29, 1.82) is 0 Å². The Labute approximate surface area is 173 Å². The standard InChI is InChI=1S/C23H36O6/c1-14-15-4-5-19-22(20(25)26-2)7-3-8-23(19,21(29-13-22)28-11-9-24)17(15)12-18-16(14)6-10-27-18/h14-19,21,24H,3-13H2,1-2H3/t14-,15+,16+,17+,18-,19+,21-,22+,23?/m1/s1. The summed E-state index contributed by atoms with van der Waals surface area (Å²) in [6, 6.07) is 0. The molecule has 2 heterocycles. The fourth-order valence-corrected chi connectivity index (χ4v) is 8.50. The van der Waals surface area contributed by atoms with Gasteiger partial charge in [0.25, 0.3) is 0 Å². The highest BCUT2D eigenvalue weighted by atomic mass is 16.7. The molecule has 2 saturated heterocycles. The van der Waals surface area contributed by atoms with Gasteiger partial charge in [0.2, 0.25) is 0 Å². The normalized spacial score (nSPS) is 50.9. The molecule has 1 N–H and O–H groups in total. The van der Waals surface area contributed by atoms with E-state index in [1.54, 1.807) is 0 Å². The zero-order valence-corrected chi connectivity index (χ0v) is 17.8. The largest absolute Gasteiger partial charge is 0.469 e. The molecule has 0 aromatic heterocycles. The van der Waals surface area contributed by atoms with E-state index in [9.17, 15) is 9.90 Å². The Morgan fingerprint density at radius 3 is 2.83 bits per heavy atom. The summed E-state index contributed by atoms with van der Waals surface area (Å²) < 4.78 is 24.0. The highest BCUT2D eigenvalue weighted by molar-refractivity contribution is 5.78. The minimum absolute atomic E-state index is 0.0128. The summed E-state index contributed by atoms with van der Waals surface area (Å²) in [6.45, 7) is 3.94. The zero-order valence-electron chi connectivity index (χ0n) is 17.8. The number of hydrogen-bond donors (Lipinski definition) is 1. The molecule has 0 radical (unpaired) electrons. The number of ether oxygens (including phenoxy) is 4. The van der Waals surface area contributed by atoms with Crippen molar-refractivity contribution in [3.63, 3.8) is 0 Å². The van der Waals surface area contributed by atoms with Crippen LogP contribution in [0.3, 0.4) is 0 Å². The predicted octanol–water partition coefficient (Wildman–Crippen LogP) is 2.77. The summed E-state index contributed by atoms with van der Waals surface area (Å²) in [6.07, 6.45) is 7.29. The van der Waals surface area contributed by atoms with E-state index in [2.05, 4.69) is 6.92 Å². The maximum absolute atomic E-state index is 13.1.